The van der Waals surface area contributed by atoms with Crippen molar-refractivity contribution >= 4 is 5.97 Å². The third-order valence-corrected chi connectivity index (χ3v) is 2.86. The van der Waals surface area contributed by atoms with E-state index in [-0.39, 0.29) is 65.5 Å². The van der Waals surface area contributed by atoms with Gasteiger partial charge in [-0.05, 0) is 13.0 Å². The largest absolute Gasteiger partial charge is 1.00 e. The normalized spacial score (nSPS) is 8.75. The van der Waals surface area contributed by atoms with Gasteiger partial charge in [0.2, 0.25) is 0 Å². The Bertz CT molecular complexity index is 160. The molecular weight excluding hydrogens is 272 g/mol. The summed E-state index contributed by atoms with van der Waals surface area (Å²) < 4.78 is 0. The molecule has 110 valence electrons. The minimum Gasteiger partial charge on any atom is -0.481 e. The van der Waals surface area contributed by atoms with Gasteiger partial charge < -0.3 is 10.8 Å². The van der Waals surface area contributed by atoms with E-state index in [4.69, 9.17) is 10.8 Å². The van der Waals surface area contributed by atoms with E-state index in [0.29, 0.717) is 0 Å². The van der Waals surface area contributed by atoms with Crippen molar-refractivity contribution in [2.24, 2.45) is 5.73 Å². The molecular formula is C15H33NNa2O2+2. The zero-order valence-corrected chi connectivity index (χ0v) is 18.4. The first-order valence-corrected chi connectivity index (χ1v) is 7.60. The summed E-state index contributed by atoms with van der Waals surface area (Å²) in [4.78, 5) is 9.37. The standard InChI is InChI=1S/C12H27N.C3H6O2.2Na/c1-2-3-4-5-6-7-8-9-10-11-12-13;1-2-3(4)5;;/h2-13H2,1H3;2H2,1H3,(H,4,5);;/q;;2*+1. The summed E-state index contributed by atoms with van der Waals surface area (Å²) in [5, 5.41) is 7.72. The smallest absolute Gasteiger partial charge is 0.481 e. The SMILES string of the molecule is CCC(=O)O.CCCCCCCCCCCCN.[Na+].[Na+]. The van der Waals surface area contributed by atoms with Gasteiger partial charge in [0.05, 0.1) is 0 Å². The number of aliphatic carboxylic acids is 1. The molecule has 0 spiro atoms. The van der Waals surface area contributed by atoms with Crippen molar-refractivity contribution in [1.29, 1.82) is 0 Å². The van der Waals surface area contributed by atoms with Crippen LogP contribution in [-0.4, -0.2) is 17.6 Å². The topological polar surface area (TPSA) is 63.3 Å². The maximum Gasteiger partial charge on any atom is 1.00 e. The van der Waals surface area contributed by atoms with Crippen LogP contribution in [0.2, 0.25) is 0 Å². The van der Waals surface area contributed by atoms with Gasteiger partial charge in [-0.15, -0.1) is 0 Å². The molecule has 0 aromatic carbocycles. The summed E-state index contributed by atoms with van der Waals surface area (Å²) in [5.41, 5.74) is 5.42. The Kier molecular flexibility index (Phi) is 42.1. The van der Waals surface area contributed by atoms with Crippen LogP contribution in [0.4, 0.5) is 0 Å². The first kappa shape index (κ1) is 29.4. The van der Waals surface area contributed by atoms with Gasteiger partial charge >= 0.3 is 65.1 Å². The Morgan fingerprint density at radius 1 is 0.800 bits per heavy atom. The van der Waals surface area contributed by atoms with Crippen LogP contribution in [0.15, 0.2) is 0 Å². The van der Waals surface area contributed by atoms with Crippen molar-refractivity contribution in [3.8, 4) is 0 Å². The van der Waals surface area contributed by atoms with E-state index in [2.05, 4.69) is 6.92 Å². The van der Waals surface area contributed by atoms with E-state index >= 15 is 0 Å². The van der Waals surface area contributed by atoms with Crippen LogP contribution in [-0.2, 0) is 4.79 Å². The Morgan fingerprint density at radius 3 is 1.35 bits per heavy atom. The van der Waals surface area contributed by atoms with Gasteiger partial charge in [0.25, 0.3) is 0 Å². The molecule has 0 saturated carbocycles. The van der Waals surface area contributed by atoms with Crippen molar-refractivity contribution < 1.29 is 69.0 Å². The van der Waals surface area contributed by atoms with E-state index in [1.165, 1.54) is 64.2 Å². The van der Waals surface area contributed by atoms with Crippen LogP contribution >= 0.6 is 0 Å². The van der Waals surface area contributed by atoms with E-state index in [0.717, 1.165) is 6.54 Å². The number of carbonyl (C=O) groups is 1. The molecule has 0 rings (SSSR count). The number of hydrogen-bond acceptors (Lipinski definition) is 2. The van der Waals surface area contributed by atoms with Crippen molar-refractivity contribution in [2.45, 2.75) is 84.5 Å². The molecule has 0 unspecified atom stereocenters. The van der Waals surface area contributed by atoms with E-state index < -0.39 is 5.97 Å². The summed E-state index contributed by atoms with van der Waals surface area (Å²) in [6, 6.07) is 0. The van der Waals surface area contributed by atoms with Crippen LogP contribution in [0.5, 0.6) is 0 Å². The van der Waals surface area contributed by atoms with Gasteiger partial charge in [0, 0.05) is 6.42 Å². The quantitative estimate of drug-likeness (QED) is 0.355. The van der Waals surface area contributed by atoms with Crippen molar-refractivity contribution in [2.75, 3.05) is 6.54 Å². The van der Waals surface area contributed by atoms with Gasteiger partial charge in [-0.1, -0.05) is 71.6 Å². The fourth-order valence-corrected chi connectivity index (χ4v) is 1.63. The first-order chi connectivity index (χ1) is 8.68. The average molecular weight is 305 g/mol. The minimum atomic E-state index is -0.745. The van der Waals surface area contributed by atoms with Gasteiger partial charge in [-0.3, -0.25) is 4.79 Å². The summed E-state index contributed by atoms with van der Waals surface area (Å²) in [5.74, 6) is -0.745. The van der Waals surface area contributed by atoms with E-state index in [9.17, 15) is 4.79 Å². The number of nitrogens with two attached hydrogens (primary N) is 1. The number of carboxylic acids is 1. The van der Waals surface area contributed by atoms with Crippen LogP contribution in [0.25, 0.3) is 0 Å². The molecule has 0 atom stereocenters. The maximum atomic E-state index is 9.37. The average Bonchev–Trinajstić information content (AvgIpc) is 2.37. The molecule has 0 saturated heterocycles. The van der Waals surface area contributed by atoms with Crippen molar-refractivity contribution in [1.82, 2.24) is 0 Å². The molecule has 3 nitrogen and oxygen atoms in total. The van der Waals surface area contributed by atoms with Crippen LogP contribution < -0.4 is 64.8 Å². The van der Waals surface area contributed by atoms with Gasteiger partial charge in [-0.2, -0.15) is 0 Å². The third-order valence-electron chi connectivity index (χ3n) is 2.86. The second kappa shape index (κ2) is 28.6. The molecule has 0 heterocycles. The van der Waals surface area contributed by atoms with Crippen LogP contribution in [0, 0.1) is 0 Å². The molecule has 3 N–H and O–H groups in total. The Hall–Kier alpha value is 1.43. The van der Waals surface area contributed by atoms with Gasteiger partial charge in [0.1, 0.15) is 0 Å². The minimum absolute atomic E-state index is 0. The third kappa shape index (κ3) is 36.6. The predicted molar refractivity (Wildman–Crippen MR) is 78.8 cm³/mol. The van der Waals surface area contributed by atoms with E-state index in [1.54, 1.807) is 6.92 Å². The second-order valence-corrected chi connectivity index (χ2v) is 4.72. The van der Waals surface area contributed by atoms with Crippen LogP contribution in [0.3, 0.4) is 0 Å². The number of hydrogen-bond donors (Lipinski definition) is 2. The molecule has 0 aromatic rings. The molecule has 0 aliphatic rings. The van der Waals surface area contributed by atoms with Gasteiger partial charge in [0.15, 0.2) is 0 Å². The molecule has 0 aliphatic carbocycles. The predicted octanol–water partition coefficient (Wildman–Crippen LogP) is -1.64. The molecule has 0 aliphatic heterocycles. The molecule has 5 heteroatoms. The second-order valence-electron chi connectivity index (χ2n) is 4.72. The molecule has 20 heavy (non-hydrogen) atoms. The molecule has 0 bridgehead atoms. The zero-order chi connectivity index (χ0) is 14.1. The summed E-state index contributed by atoms with van der Waals surface area (Å²) >= 11 is 0. The summed E-state index contributed by atoms with van der Waals surface area (Å²) in [6.07, 6.45) is 14.2. The summed E-state index contributed by atoms with van der Waals surface area (Å²) in [7, 11) is 0. The molecule has 0 amide bonds. The zero-order valence-electron chi connectivity index (χ0n) is 14.4. The fourth-order valence-electron chi connectivity index (χ4n) is 1.63. The molecule has 0 aromatic heterocycles. The molecule has 0 fully saturated rings. The number of carboxylic acid groups (broad SMARTS) is 1. The van der Waals surface area contributed by atoms with Gasteiger partial charge in [-0.25, -0.2) is 0 Å². The number of unbranched alkanes of at least 4 members (excludes halogenated alkanes) is 9. The molecule has 0 radical (unpaired) electrons. The van der Waals surface area contributed by atoms with Crippen LogP contribution in [0.1, 0.15) is 84.5 Å². The fraction of sp³-hybridized carbons (Fsp3) is 0.933. The maximum absolute atomic E-state index is 9.37. The van der Waals surface area contributed by atoms with E-state index in [1.807, 2.05) is 0 Å². The number of rotatable bonds is 11. The van der Waals surface area contributed by atoms with Crippen molar-refractivity contribution in [3.05, 3.63) is 0 Å². The first-order valence-electron chi connectivity index (χ1n) is 7.60. The summed E-state index contributed by atoms with van der Waals surface area (Å²) in [6.45, 7) is 4.74. The Labute approximate surface area is 170 Å². The van der Waals surface area contributed by atoms with Crippen molar-refractivity contribution in [3.63, 3.8) is 0 Å². The monoisotopic (exact) mass is 305 g/mol. The Morgan fingerprint density at radius 2 is 1.10 bits per heavy atom. The Balaban J connectivity index is -0.000000158.